The second-order valence-electron chi connectivity index (χ2n) is 8.45. The second kappa shape index (κ2) is 10.1. The summed E-state index contributed by atoms with van der Waals surface area (Å²) < 4.78 is 0.923. The van der Waals surface area contributed by atoms with Gasteiger partial charge in [0.15, 0.2) is 5.78 Å². The molecule has 1 heterocycles. The summed E-state index contributed by atoms with van der Waals surface area (Å²) in [5.41, 5.74) is 3.77. The predicted molar refractivity (Wildman–Crippen MR) is 116 cm³/mol. The summed E-state index contributed by atoms with van der Waals surface area (Å²) in [5.74, 6) is 0.372. The molecule has 0 aliphatic carbocycles. The number of hydrogen-bond acceptors (Lipinski definition) is 1. The monoisotopic (exact) mass is 461 g/mol. The third-order valence-electron chi connectivity index (χ3n) is 6.29. The topological polar surface area (TPSA) is 17.1 Å². The van der Waals surface area contributed by atoms with Crippen molar-refractivity contribution in [2.24, 2.45) is 0 Å². The van der Waals surface area contributed by atoms with Crippen LogP contribution in [0.1, 0.15) is 36.0 Å². The number of fused-ring (bicyclic) bond motifs is 1. The van der Waals surface area contributed by atoms with Gasteiger partial charge in [-0.15, -0.1) is 0 Å². The van der Waals surface area contributed by atoms with Crippen molar-refractivity contribution < 1.29 is 42.0 Å². The fourth-order valence-corrected chi connectivity index (χ4v) is 4.83. The van der Waals surface area contributed by atoms with E-state index in [0.29, 0.717) is 18.7 Å². The van der Waals surface area contributed by atoms with E-state index in [-0.39, 0.29) is 32.7 Å². The van der Waals surface area contributed by atoms with E-state index in [2.05, 4.69) is 73.7 Å². The number of piperidine rings is 1. The maximum absolute atomic E-state index is 13.3. The van der Waals surface area contributed by atoms with Crippen LogP contribution in [0.15, 0.2) is 66.7 Å². The van der Waals surface area contributed by atoms with Gasteiger partial charge >= 0.3 is 0 Å². The summed E-state index contributed by atoms with van der Waals surface area (Å²) in [6.45, 7) is 5.99. The summed E-state index contributed by atoms with van der Waals surface area (Å²) in [7, 11) is 0. The molecule has 0 N–H and O–H groups in total. The second-order valence-corrected chi connectivity index (χ2v) is 8.45. The van der Waals surface area contributed by atoms with Gasteiger partial charge < -0.3 is 4.48 Å². The number of hydrogen-bond donors (Lipinski definition) is 0. The molecule has 0 spiro atoms. The Balaban J connectivity index is 0.00000240. The Morgan fingerprint density at radius 2 is 1.55 bits per heavy atom. The van der Waals surface area contributed by atoms with Crippen molar-refractivity contribution in [3.8, 4) is 0 Å². The smallest absolute Gasteiger partial charge is 0.191 e. The van der Waals surface area contributed by atoms with Crippen LogP contribution in [0.4, 0.5) is 0 Å². The average Bonchev–Trinajstić information content (AvgIpc) is 2.71. The number of Topliss-reactive ketones (excluding diaryl/α,β-unsaturated/α-hetero) is 1. The van der Waals surface area contributed by atoms with Gasteiger partial charge in [-0.2, -0.15) is 0 Å². The van der Waals surface area contributed by atoms with E-state index in [1.165, 1.54) is 46.7 Å². The number of carbonyl (C=O) groups is 1. The van der Waals surface area contributed by atoms with E-state index in [0.717, 1.165) is 24.1 Å². The van der Waals surface area contributed by atoms with Gasteiger partial charge in [-0.25, -0.2) is 0 Å². The number of quaternary nitrogens is 1. The standard InChI is InChI=1S/C26H30NO.Y/c1-21-14-15-23-12-6-7-13-25(23)26(21)18-24(28)20-27(16-8-3-9-17-27)19-22-10-4-2-5-11-22;/h2,4-7,10-15H,3,8-9,16-20H2,1H3;/q+1;. The molecule has 3 heteroatoms. The zero-order chi connectivity index (χ0) is 19.4. The van der Waals surface area contributed by atoms with Crippen LogP contribution in [0, 0.1) is 6.92 Å². The molecule has 1 saturated heterocycles. The number of likely N-dealkylation sites (tertiary alicyclic amines) is 1. The minimum Gasteiger partial charge on any atom is -0.314 e. The Morgan fingerprint density at radius 3 is 2.31 bits per heavy atom. The molecule has 0 unspecified atom stereocenters. The van der Waals surface area contributed by atoms with Gasteiger partial charge in [-0.05, 0) is 48.1 Å². The van der Waals surface area contributed by atoms with Crippen molar-refractivity contribution in [1.82, 2.24) is 0 Å². The Bertz CT molecular complexity index is 961. The normalized spacial score (nSPS) is 15.6. The zero-order valence-electron chi connectivity index (χ0n) is 17.4. The van der Waals surface area contributed by atoms with E-state index in [4.69, 9.17) is 0 Å². The molecule has 4 rings (SSSR count). The van der Waals surface area contributed by atoms with E-state index in [9.17, 15) is 4.79 Å². The maximum atomic E-state index is 13.3. The summed E-state index contributed by atoms with van der Waals surface area (Å²) in [5, 5.41) is 2.45. The number of rotatable bonds is 6. The summed E-state index contributed by atoms with van der Waals surface area (Å²) >= 11 is 0. The van der Waals surface area contributed by atoms with Crippen LogP contribution in [0.5, 0.6) is 0 Å². The molecule has 2 nitrogen and oxygen atoms in total. The van der Waals surface area contributed by atoms with Gasteiger partial charge in [-0.1, -0.05) is 66.7 Å². The Kier molecular flexibility index (Phi) is 7.79. The first kappa shape index (κ1) is 22.3. The Morgan fingerprint density at radius 1 is 0.862 bits per heavy atom. The van der Waals surface area contributed by atoms with Crippen LogP contribution in [-0.4, -0.2) is 29.9 Å². The van der Waals surface area contributed by atoms with Gasteiger partial charge in [-0.3, -0.25) is 4.79 Å². The van der Waals surface area contributed by atoms with Gasteiger partial charge in [0.2, 0.25) is 0 Å². The first-order valence-corrected chi connectivity index (χ1v) is 10.5. The third-order valence-corrected chi connectivity index (χ3v) is 6.29. The van der Waals surface area contributed by atoms with Gasteiger partial charge in [0.05, 0.1) is 13.1 Å². The van der Waals surface area contributed by atoms with E-state index < -0.39 is 0 Å². The summed E-state index contributed by atoms with van der Waals surface area (Å²) in [6, 6.07) is 23.4. The minimum atomic E-state index is 0. The van der Waals surface area contributed by atoms with Crippen LogP contribution in [-0.2, 0) is 50.5 Å². The first-order chi connectivity index (χ1) is 13.7. The fraction of sp³-hybridized carbons (Fsp3) is 0.346. The molecule has 29 heavy (non-hydrogen) atoms. The molecular formula is C26H30NOY+. The average molecular weight is 461 g/mol. The zero-order valence-corrected chi connectivity index (χ0v) is 20.3. The molecule has 147 valence electrons. The number of ketones is 1. The molecule has 3 aromatic carbocycles. The number of benzene rings is 3. The molecule has 0 amide bonds. The molecule has 1 fully saturated rings. The van der Waals surface area contributed by atoms with Crippen LogP contribution in [0.2, 0.25) is 0 Å². The van der Waals surface area contributed by atoms with Crippen LogP contribution < -0.4 is 0 Å². The molecule has 0 bridgehead atoms. The number of carbonyl (C=O) groups excluding carboxylic acids is 1. The van der Waals surface area contributed by atoms with Crippen molar-refractivity contribution in [2.75, 3.05) is 19.6 Å². The molecule has 1 aliphatic heterocycles. The molecule has 0 atom stereocenters. The van der Waals surface area contributed by atoms with Crippen molar-refractivity contribution in [2.45, 2.75) is 39.2 Å². The van der Waals surface area contributed by atoms with E-state index in [1.54, 1.807) is 0 Å². The van der Waals surface area contributed by atoms with E-state index >= 15 is 0 Å². The largest absolute Gasteiger partial charge is 0.314 e. The molecule has 0 aromatic heterocycles. The van der Waals surface area contributed by atoms with Crippen molar-refractivity contribution >= 4 is 16.6 Å². The SMILES string of the molecule is Cc1ccc2ccccc2c1CC(=O)C[N+]1(Cc2ccccc2)CCCCC1.[Y]. The Labute approximate surface area is 199 Å². The fourth-order valence-electron chi connectivity index (χ4n) is 4.83. The van der Waals surface area contributed by atoms with Gasteiger partial charge in [0.1, 0.15) is 13.1 Å². The van der Waals surface area contributed by atoms with E-state index in [1.807, 2.05) is 0 Å². The van der Waals surface area contributed by atoms with Crippen LogP contribution in [0.3, 0.4) is 0 Å². The minimum absolute atomic E-state index is 0. The molecule has 0 saturated carbocycles. The Hall–Kier alpha value is -1.35. The predicted octanol–water partition coefficient (Wildman–Crippen LogP) is 5.46. The number of aryl methyl sites for hydroxylation is 1. The van der Waals surface area contributed by atoms with Crippen LogP contribution >= 0.6 is 0 Å². The number of nitrogens with zero attached hydrogens (tertiary/aromatic N) is 1. The third kappa shape index (κ3) is 5.42. The van der Waals surface area contributed by atoms with Gasteiger partial charge in [0.25, 0.3) is 0 Å². The maximum Gasteiger partial charge on any atom is 0.191 e. The quantitative estimate of drug-likeness (QED) is 0.446. The van der Waals surface area contributed by atoms with Crippen molar-refractivity contribution in [3.63, 3.8) is 0 Å². The summed E-state index contributed by atoms with van der Waals surface area (Å²) in [4.78, 5) is 13.3. The molecule has 1 aliphatic rings. The molecular weight excluding hydrogens is 431 g/mol. The summed E-state index contributed by atoms with van der Waals surface area (Å²) in [6.07, 6.45) is 4.30. The van der Waals surface area contributed by atoms with Crippen molar-refractivity contribution in [3.05, 3.63) is 83.4 Å². The van der Waals surface area contributed by atoms with Crippen LogP contribution in [0.25, 0.3) is 10.8 Å². The first-order valence-electron chi connectivity index (χ1n) is 10.5. The molecule has 3 aromatic rings. The van der Waals surface area contributed by atoms with Crippen molar-refractivity contribution in [1.29, 1.82) is 0 Å². The molecule has 1 radical (unpaired) electrons. The van der Waals surface area contributed by atoms with Gasteiger partial charge in [0, 0.05) is 44.7 Å².